The molecule has 0 rings (SSSR count). The highest BCUT2D eigenvalue weighted by Gasteiger charge is 2.12. The van der Waals surface area contributed by atoms with Gasteiger partial charge in [-0.3, -0.25) is 4.79 Å². The highest BCUT2D eigenvalue weighted by molar-refractivity contribution is 5.81. The van der Waals surface area contributed by atoms with E-state index in [1.807, 2.05) is 0 Å². The Morgan fingerprint density at radius 2 is 2.00 bits per heavy atom. The molecule has 0 saturated carbocycles. The molecule has 0 aliphatic rings. The molecule has 108 valence electrons. The van der Waals surface area contributed by atoms with E-state index >= 15 is 0 Å². The SMILES string of the molecule is C=CC(=O)O/C=C(/CC(CC)CCCC)OC(C)=O. The lowest BCUT2D eigenvalue weighted by Crippen LogP contribution is -2.07. The van der Waals surface area contributed by atoms with Gasteiger partial charge in [-0.05, 0) is 5.92 Å². The molecule has 0 saturated heterocycles. The van der Waals surface area contributed by atoms with E-state index < -0.39 is 11.9 Å². The normalized spacial score (nSPS) is 12.7. The van der Waals surface area contributed by atoms with Crippen LogP contribution in [0.1, 0.15) is 52.9 Å². The Bertz CT molecular complexity index is 331. The van der Waals surface area contributed by atoms with E-state index in [2.05, 4.69) is 20.4 Å². The smallest absolute Gasteiger partial charge is 0.335 e. The molecule has 0 aliphatic heterocycles. The Morgan fingerprint density at radius 1 is 1.32 bits per heavy atom. The first-order chi connectivity index (χ1) is 9.03. The molecule has 0 N–H and O–H groups in total. The molecule has 4 heteroatoms. The molecule has 0 spiro atoms. The lowest BCUT2D eigenvalue weighted by Gasteiger charge is -2.15. The maximum atomic E-state index is 11.0. The fraction of sp³-hybridized carbons (Fsp3) is 0.600. The van der Waals surface area contributed by atoms with E-state index in [9.17, 15) is 9.59 Å². The van der Waals surface area contributed by atoms with Crippen molar-refractivity contribution in [1.82, 2.24) is 0 Å². The number of ether oxygens (including phenoxy) is 2. The van der Waals surface area contributed by atoms with Crippen LogP contribution < -0.4 is 0 Å². The monoisotopic (exact) mass is 268 g/mol. The predicted molar refractivity (Wildman–Crippen MR) is 74.1 cm³/mol. The molecule has 19 heavy (non-hydrogen) atoms. The summed E-state index contributed by atoms with van der Waals surface area (Å²) in [6.45, 7) is 8.87. The van der Waals surface area contributed by atoms with E-state index in [0.717, 1.165) is 31.8 Å². The standard InChI is InChI=1S/C15H24O4/c1-5-8-9-13(6-2)10-14(19-12(4)16)11-18-15(17)7-3/h7,11,13H,3,5-6,8-10H2,1-2,4H3/b14-11-. The Balaban J connectivity index is 4.58. The van der Waals surface area contributed by atoms with Crippen LogP contribution in [0.25, 0.3) is 0 Å². The van der Waals surface area contributed by atoms with Gasteiger partial charge in [0.25, 0.3) is 0 Å². The van der Waals surface area contributed by atoms with Crippen molar-refractivity contribution in [1.29, 1.82) is 0 Å². The quantitative estimate of drug-likeness (QED) is 0.363. The van der Waals surface area contributed by atoms with Gasteiger partial charge >= 0.3 is 11.9 Å². The van der Waals surface area contributed by atoms with Crippen molar-refractivity contribution in [3.8, 4) is 0 Å². The zero-order valence-corrected chi connectivity index (χ0v) is 12.1. The average molecular weight is 268 g/mol. The second-order valence-corrected chi connectivity index (χ2v) is 4.44. The average Bonchev–Trinajstić information content (AvgIpc) is 2.39. The predicted octanol–water partition coefficient (Wildman–Crippen LogP) is 3.73. The Labute approximate surface area is 115 Å². The van der Waals surface area contributed by atoms with Gasteiger partial charge in [-0.25, -0.2) is 4.79 Å². The molecule has 0 amide bonds. The number of hydrogen-bond donors (Lipinski definition) is 0. The summed E-state index contributed by atoms with van der Waals surface area (Å²) in [5, 5.41) is 0. The van der Waals surface area contributed by atoms with Crippen LogP contribution in [0.3, 0.4) is 0 Å². The highest BCUT2D eigenvalue weighted by atomic mass is 16.6. The minimum absolute atomic E-state index is 0.394. The third-order valence-electron chi connectivity index (χ3n) is 2.78. The zero-order valence-electron chi connectivity index (χ0n) is 12.1. The molecular weight excluding hydrogens is 244 g/mol. The Morgan fingerprint density at radius 3 is 2.47 bits per heavy atom. The summed E-state index contributed by atoms with van der Waals surface area (Å²) in [5.74, 6) is -0.156. The molecule has 4 nitrogen and oxygen atoms in total. The maximum Gasteiger partial charge on any atom is 0.335 e. The van der Waals surface area contributed by atoms with Gasteiger partial charge in [0.1, 0.15) is 12.0 Å². The van der Waals surface area contributed by atoms with Crippen molar-refractivity contribution >= 4 is 11.9 Å². The number of esters is 2. The lowest BCUT2D eigenvalue weighted by molar-refractivity contribution is -0.139. The fourth-order valence-corrected chi connectivity index (χ4v) is 1.70. The van der Waals surface area contributed by atoms with Crippen molar-refractivity contribution in [2.75, 3.05) is 0 Å². The minimum Gasteiger partial charge on any atom is -0.428 e. The number of unbranched alkanes of at least 4 members (excludes halogenated alkanes) is 1. The van der Waals surface area contributed by atoms with Gasteiger partial charge in [-0.2, -0.15) is 0 Å². The fourth-order valence-electron chi connectivity index (χ4n) is 1.70. The highest BCUT2D eigenvalue weighted by Crippen LogP contribution is 2.22. The summed E-state index contributed by atoms with van der Waals surface area (Å²) < 4.78 is 9.88. The van der Waals surface area contributed by atoms with Crippen LogP contribution in [-0.2, 0) is 19.1 Å². The van der Waals surface area contributed by atoms with Crippen LogP contribution in [0.2, 0.25) is 0 Å². The number of rotatable bonds is 9. The van der Waals surface area contributed by atoms with Crippen molar-refractivity contribution in [3.05, 3.63) is 24.7 Å². The molecule has 0 heterocycles. The molecular formula is C15H24O4. The van der Waals surface area contributed by atoms with Crippen molar-refractivity contribution in [3.63, 3.8) is 0 Å². The molecule has 0 aliphatic carbocycles. The lowest BCUT2D eigenvalue weighted by atomic mass is 9.95. The van der Waals surface area contributed by atoms with Gasteiger partial charge in [0.05, 0.1) is 0 Å². The Hall–Kier alpha value is -1.58. The molecule has 0 aromatic carbocycles. The van der Waals surface area contributed by atoms with Crippen molar-refractivity contribution in [2.45, 2.75) is 52.9 Å². The van der Waals surface area contributed by atoms with Crippen LogP contribution >= 0.6 is 0 Å². The molecule has 0 fully saturated rings. The first kappa shape index (κ1) is 17.4. The molecule has 0 bridgehead atoms. The molecule has 1 atom stereocenters. The maximum absolute atomic E-state index is 11.0. The molecule has 1 unspecified atom stereocenters. The summed E-state index contributed by atoms with van der Waals surface area (Å²) in [5.41, 5.74) is 0. The van der Waals surface area contributed by atoms with Gasteiger partial charge in [0.2, 0.25) is 0 Å². The van der Waals surface area contributed by atoms with Gasteiger partial charge in [-0.15, -0.1) is 0 Å². The first-order valence-electron chi connectivity index (χ1n) is 6.73. The summed E-state index contributed by atoms with van der Waals surface area (Å²) in [6.07, 6.45) is 7.21. The Kier molecular flexibility index (Phi) is 9.49. The number of allylic oxidation sites excluding steroid dienone is 1. The number of carbonyl (C=O) groups is 2. The van der Waals surface area contributed by atoms with Gasteiger partial charge < -0.3 is 9.47 Å². The van der Waals surface area contributed by atoms with Gasteiger partial charge in [0, 0.05) is 19.4 Å². The molecule has 0 aromatic rings. The van der Waals surface area contributed by atoms with Crippen molar-refractivity contribution < 1.29 is 19.1 Å². The van der Waals surface area contributed by atoms with Crippen molar-refractivity contribution in [2.24, 2.45) is 5.92 Å². The summed E-state index contributed by atoms with van der Waals surface area (Å²) >= 11 is 0. The second-order valence-electron chi connectivity index (χ2n) is 4.44. The minimum atomic E-state index is -0.564. The van der Waals surface area contributed by atoms with Crippen LogP contribution in [0, 0.1) is 5.92 Å². The van der Waals surface area contributed by atoms with Crippen LogP contribution in [0.15, 0.2) is 24.7 Å². The number of carbonyl (C=O) groups excluding carboxylic acids is 2. The van der Waals surface area contributed by atoms with E-state index in [-0.39, 0.29) is 0 Å². The van der Waals surface area contributed by atoms with Crippen LogP contribution in [-0.4, -0.2) is 11.9 Å². The number of hydrogen-bond acceptors (Lipinski definition) is 4. The first-order valence-corrected chi connectivity index (χ1v) is 6.73. The van der Waals surface area contributed by atoms with Gasteiger partial charge in [-0.1, -0.05) is 46.1 Å². The second kappa shape index (κ2) is 10.4. The third kappa shape index (κ3) is 9.05. The topological polar surface area (TPSA) is 52.6 Å². The summed E-state index contributed by atoms with van der Waals surface area (Å²) in [7, 11) is 0. The zero-order chi connectivity index (χ0) is 14.7. The molecule has 0 aromatic heterocycles. The molecule has 0 radical (unpaired) electrons. The largest absolute Gasteiger partial charge is 0.428 e. The summed E-state index contributed by atoms with van der Waals surface area (Å²) in [4.78, 5) is 22.0. The van der Waals surface area contributed by atoms with E-state index in [0.29, 0.717) is 18.1 Å². The summed E-state index contributed by atoms with van der Waals surface area (Å²) in [6, 6.07) is 0. The van der Waals surface area contributed by atoms with Crippen LogP contribution in [0.5, 0.6) is 0 Å². The van der Waals surface area contributed by atoms with E-state index in [4.69, 9.17) is 9.47 Å². The van der Waals surface area contributed by atoms with E-state index in [1.54, 1.807) is 0 Å². The van der Waals surface area contributed by atoms with Gasteiger partial charge in [0.15, 0.2) is 0 Å². The van der Waals surface area contributed by atoms with E-state index in [1.165, 1.54) is 13.2 Å². The third-order valence-corrected chi connectivity index (χ3v) is 2.78. The van der Waals surface area contributed by atoms with Crippen LogP contribution in [0.4, 0.5) is 0 Å².